The predicted molar refractivity (Wildman–Crippen MR) is 223 cm³/mol. The Labute approximate surface area is 307 Å². The minimum atomic E-state index is -4.37. The van der Waals surface area contributed by atoms with Crippen LogP contribution in [0.4, 0.5) is 0 Å². The Bertz CT molecular complexity index is 814. The van der Waals surface area contributed by atoms with Crippen LogP contribution < -0.4 is 0 Å². The Kier molecular flexibility index (Phi) is 15.4. The average molecular weight is 890 g/mol. The largest absolute Gasteiger partial charge is 0.646 e. The molecule has 1 heterocycles. The monoisotopic (exact) mass is 888 g/mol. The first-order valence-electron chi connectivity index (χ1n) is 16.9. The topological polar surface area (TPSA) is 111 Å². The third-order valence-corrected chi connectivity index (χ3v) is 40.0. The van der Waals surface area contributed by atoms with Crippen molar-refractivity contribution in [1.82, 2.24) is 0 Å². The first kappa shape index (κ1) is 48.1. The minimum Gasteiger partial charge on any atom is -0.396 e. The normalized spacial score (nSPS) is 21.5. The standard InChI is InChI=1S/C24H72O12Si12/c1-37(2,3)25-45(26-38(4,5)6)33-46(27-39(7,8)9,28-40(10,11)12)35-48(31-43(19,20)21,32-44(22,23)24)36-47(34-45,29-41(13,14)15)30-42(16,17)18/h1-24H3. The van der Waals surface area contributed by atoms with Crippen LogP contribution in [0.25, 0.3) is 0 Å². The maximum Gasteiger partial charge on any atom is 0.646 e. The first-order valence-corrected chi connectivity index (χ1v) is 50.7. The van der Waals surface area contributed by atoms with Crippen molar-refractivity contribution in [3.63, 3.8) is 0 Å². The van der Waals surface area contributed by atoms with Gasteiger partial charge in [0, 0.05) is 0 Å². The molecule has 0 aliphatic carbocycles. The van der Waals surface area contributed by atoms with Crippen molar-refractivity contribution >= 4 is 103 Å². The molecule has 0 atom stereocenters. The summed E-state index contributed by atoms with van der Waals surface area (Å²) in [6, 6.07) is 0. The van der Waals surface area contributed by atoms with E-state index in [2.05, 4.69) is 157 Å². The summed E-state index contributed by atoms with van der Waals surface area (Å²) in [7, 11) is -37.5. The lowest BCUT2D eigenvalue weighted by Crippen LogP contribution is -2.81. The zero-order valence-corrected chi connectivity index (χ0v) is 46.9. The van der Waals surface area contributed by atoms with E-state index in [4.69, 9.17) is 49.4 Å². The van der Waals surface area contributed by atoms with Gasteiger partial charge in [0.15, 0.2) is 66.5 Å². The molecule has 1 rings (SSSR count). The van der Waals surface area contributed by atoms with Crippen LogP contribution in [0.5, 0.6) is 0 Å². The van der Waals surface area contributed by atoms with Crippen molar-refractivity contribution in [2.24, 2.45) is 0 Å². The van der Waals surface area contributed by atoms with Gasteiger partial charge in [-0.1, -0.05) is 0 Å². The molecular weight excluding hydrogens is 817 g/mol. The third kappa shape index (κ3) is 19.4. The zero-order chi connectivity index (χ0) is 38.5. The molecule has 0 amide bonds. The number of rotatable bonds is 16. The second kappa shape index (κ2) is 15.3. The van der Waals surface area contributed by atoms with Gasteiger partial charge in [0.2, 0.25) is 0 Å². The summed E-state index contributed by atoms with van der Waals surface area (Å²) in [5.41, 5.74) is 0. The highest BCUT2D eigenvalue weighted by atomic mass is 28.6. The second-order valence-corrected chi connectivity index (χ2v) is 67.7. The minimum absolute atomic E-state index is 2.08. The molecule has 288 valence electrons. The van der Waals surface area contributed by atoms with E-state index in [0.717, 1.165) is 0 Å². The molecule has 1 aliphatic rings. The smallest absolute Gasteiger partial charge is 0.396 e. The van der Waals surface area contributed by atoms with Crippen LogP contribution in [-0.4, -0.2) is 103 Å². The van der Waals surface area contributed by atoms with Crippen molar-refractivity contribution in [1.29, 1.82) is 0 Å². The Morgan fingerprint density at radius 2 is 0.292 bits per heavy atom. The van der Waals surface area contributed by atoms with Crippen LogP contribution in [0.1, 0.15) is 0 Å². The van der Waals surface area contributed by atoms with Crippen LogP contribution in [0.15, 0.2) is 0 Å². The van der Waals surface area contributed by atoms with Crippen LogP contribution in [0.3, 0.4) is 0 Å². The fraction of sp³-hybridized carbons (Fsp3) is 1.00. The van der Waals surface area contributed by atoms with Gasteiger partial charge in [-0.25, -0.2) is 0 Å². The second-order valence-electron chi connectivity index (χ2n) is 20.1. The molecule has 1 aliphatic heterocycles. The van der Waals surface area contributed by atoms with Gasteiger partial charge in [-0.15, -0.1) is 0 Å². The molecule has 0 aromatic heterocycles. The van der Waals surface area contributed by atoms with Gasteiger partial charge in [0.1, 0.15) is 0 Å². The summed E-state index contributed by atoms with van der Waals surface area (Å²) in [5.74, 6) is 0. The highest BCUT2D eigenvalue weighted by Gasteiger charge is 2.77. The van der Waals surface area contributed by atoms with Gasteiger partial charge < -0.3 is 49.4 Å². The molecular formula is C24H72O12Si12. The SMILES string of the molecule is C[Si](C)(C)O[Si]1(O[Si](C)(C)C)O[Si](O[Si](C)(C)C)(O[Si](C)(C)C)O[Si](O[Si](C)(C)C)(O[Si](C)(C)C)O[Si](O[Si](C)(C)C)(O[Si](C)(C)C)O1. The summed E-state index contributed by atoms with van der Waals surface area (Å²) in [6.07, 6.45) is 0. The van der Waals surface area contributed by atoms with E-state index in [1.165, 1.54) is 0 Å². The molecule has 24 heteroatoms. The van der Waals surface area contributed by atoms with Crippen molar-refractivity contribution in [2.75, 3.05) is 0 Å². The summed E-state index contributed by atoms with van der Waals surface area (Å²) in [4.78, 5) is 0. The molecule has 1 saturated heterocycles. The highest BCUT2D eigenvalue weighted by molar-refractivity contribution is 6.98. The van der Waals surface area contributed by atoms with Gasteiger partial charge in [0.05, 0.1) is 0 Å². The van der Waals surface area contributed by atoms with E-state index in [1.807, 2.05) is 0 Å². The molecule has 0 spiro atoms. The summed E-state index contributed by atoms with van der Waals surface area (Å²) in [6.45, 7) is 49.9. The van der Waals surface area contributed by atoms with E-state index >= 15 is 0 Å². The van der Waals surface area contributed by atoms with Crippen LogP contribution in [0.2, 0.25) is 157 Å². The zero-order valence-electron chi connectivity index (χ0n) is 34.9. The van der Waals surface area contributed by atoms with Crippen molar-refractivity contribution in [3.8, 4) is 0 Å². The van der Waals surface area contributed by atoms with E-state index in [9.17, 15) is 0 Å². The Morgan fingerprint density at radius 1 is 0.208 bits per heavy atom. The van der Waals surface area contributed by atoms with Crippen molar-refractivity contribution in [3.05, 3.63) is 0 Å². The molecule has 0 saturated carbocycles. The molecule has 0 unspecified atom stereocenters. The molecule has 0 bridgehead atoms. The Hall–Kier alpha value is 2.12. The highest BCUT2D eigenvalue weighted by Crippen LogP contribution is 2.42. The molecule has 0 radical (unpaired) electrons. The fourth-order valence-electron chi connectivity index (χ4n) is 4.11. The molecule has 0 aromatic carbocycles. The van der Waals surface area contributed by atoms with E-state index in [-0.39, 0.29) is 0 Å². The van der Waals surface area contributed by atoms with Gasteiger partial charge >= 0.3 is 36.2 Å². The van der Waals surface area contributed by atoms with Gasteiger partial charge in [-0.3, -0.25) is 0 Å². The van der Waals surface area contributed by atoms with Crippen molar-refractivity contribution < 1.29 is 49.4 Å². The van der Waals surface area contributed by atoms with E-state index in [0.29, 0.717) is 0 Å². The fourth-order valence-corrected chi connectivity index (χ4v) is 46.0. The van der Waals surface area contributed by atoms with Crippen molar-refractivity contribution in [2.45, 2.75) is 157 Å². The Morgan fingerprint density at radius 3 is 0.354 bits per heavy atom. The van der Waals surface area contributed by atoms with Gasteiger partial charge in [-0.2, -0.15) is 0 Å². The number of hydrogen-bond acceptors (Lipinski definition) is 12. The molecule has 12 nitrogen and oxygen atoms in total. The van der Waals surface area contributed by atoms with Gasteiger partial charge in [-0.05, 0) is 157 Å². The number of hydrogen-bond donors (Lipinski definition) is 0. The molecule has 0 N–H and O–H groups in total. The quantitative estimate of drug-likeness (QED) is 0.139. The van der Waals surface area contributed by atoms with Crippen LogP contribution >= 0.6 is 0 Å². The van der Waals surface area contributed by atoms with Crippen LogP contribution in [0, 0.1) is 0 Å². The molecule has 1 fully saturated rings. The predicted octanol–water partition coefficient (Wildman–Crippen LogP) is 8.62. The summed E-state index contributed by atoms with van der Waals surface area (Å²) in [5, 5.41) is 0. The maximum atomic E-state index is 7.35. The molecule has 0 aromatic rings. The van der Waals surface area contributed by atoms with Crippen LogP contribution in [-0.2, 0) is 49.4 Å². The van der Waals surface area contributed by atoms with E-state index < -0.39 is 103 Å². The summed E-state index contributed by atoms with van der Waals surface area (Å²) < 4.78 is 85.9. The maximum absolute atomic E-state index is 7.35. The lowest BCUT2D eigenvalue weighted by Gasteiger charge is -2.53. The molecule has 48 heavy (non-hydrogen) atoms. The lowest BCUT2D eigenvalue weighted by molar-refractivity contribution is -0.0270. The lowest BCUT2D eigenvalue weighted by atomic mass is 11.8. The van der Waals surface area contributed by atoms with Gasteiger partial charge in [0.25, 0.3) is 0 Å². The Balaban J connectivity index is 4.66. The first-order chi connectivity index (χ1) is 20.5. The average Bonchev–Trinajstić information content (AvgIpc) is 2.52. The van der Waals surface area contributed by atoms with E-state index in [1.54, 1.807) is 0 Å². The third-order valence-electron chi connectivity index (χ3n) is 4.45. The summed E-state index contributed by atoms with van der Waals surface area (Å²) >= 11 is 0.